The van der Waals surface area contributed by atoms with Crippen molar-refractivity contribution in [2.24, 2.45) is 0 Å². The van der Waals surface area contributed by atoms with E-state index in [4.69, 9.17) is 4.74 Å². The molecule has 4 nitrogen and oxygen atoms in total. The van der Waals surface area contributed by atoms with Crippen molar-refractivity contribution in [2.45, 2.75) is 0 Å². The highest BCUT2D eigenvalue weighted by molar-refractivity contribution is 6.06. The Hall–Kier alpha value is -3.01. The maximum Gasteiger partial charge on any atom is 0.255 e. The zero-order chi connectivity index (χ0) is 15.5. The number of rotatable bonds is 3. The van der Waals surface area contributed by atoms with Crippen LogP contribution in [0.25, 0.3) is 10.8 Å². The predicted molar refractivity (Wildman–Crippen MR) is 86.6 cm³/mol. The number of benzene rings is 3. The average Bonchev–Trinajstić information content (AvgIpc) is 2.55. The first-order valence-corrected chi connectivity index (χ1v) is 6.84. The van der Waals surface area contributed by atoms with Crippen molar-refractivity contribution in [1.29, 1.82) is 0 Å². The second kappa shape index (κ2) is 5.77. The SMILES string of the molecule is COc1ccc(NC(=O)c2ccc3cc(O)ccc3c2)cc1. The van der Waals surface area contributed by atoms with Gasteiger partial charge in [0.2, 0.25) is 0 Å². The van der Waals surface area contributed by atoms with Crippen LogP contribution in [0.15, 0.2) is 60.7 Å². The number of amides is 1. The Morgan fingerprint density at radius 3 is 2.36 bits per heavy atom. The number of ether oxygens (including phenoxy) is 1. The second-order valence-corrected chi connectivity index (χ2v) is 4.93. The van der Waals surface area contributed by atoms with Crippen molar-refractivity contribution < 1.29 is 14.6 Å². The molecule has 0 aliphatic heterocycles. The molecule has 110 valence electrons. The average molecular weight is 293 g/mol. The third-order valence-electron chi connectivity index (χ3n) is 3.43. The Labute approximate surface area is 128 Å². The van der Waals surface area contributed by atoms with E-state index in [1.165, 1.54) is 0 Å². The van der Waals surface area contributed by atoms with E-state index in [1.807, 2.05) is 6.07 Å². The zero-order valence-corrected chi connectivity index (χ0v) is 12.0. The summed E-state index contributed by atoms with van der Waals surface area (Å²) in [4.78, 5) is 12.3. The molecule has 0 spiro atoms. The Morgan fingerprint density at radius 1 is 0.955 bits per heavy atom. The van der Waals surface area contributed by atoms with Gasteiger partial charge in [0.15, 0.2) is 0 Å². The molecule has 0 bridgehead atoms. The van der Waals surface area contributed by atoms with Gasteiger partial charge in [0, 0.05) is 11.3 Å². The van der Waals surface area contributed by atoms with Gasteiger partial charge in [-0.15, -0.1) is 0 Å². The fourth-order valence-electron chi connectivity index (χ4n) is 2.25. The smallest absolute Gasteiger partial charge is 0.255 e. The quantitative estimate of drug-likeness (QED) is 0.772. The molecule has 22 heavy (non-hydrogen) atoms. The van der Waals surface area contributed by atoms with Gasteiger partial charge in [-0.05, 0) is 59.3 Å². The van der Waals surface area contributed by atoms with Crippen LogP contribution in [0, 0.1) is 0 Å². The molecule has 3 aromatic carbocycles. The minimum absolute atomic E-state index is 0.180. The minimum atomic E-state index is -0.180. The van der Waals surface area contributed by atoms with Gasteiger partial charge in [-0.1, -0.05) is 12.1 Å². The molecule has 2 N–H and O–H groups in total. The van der Waals surface area contributed by atoms with Gasteiger partial charge in [0.25, 0.3) is 5.91 Å². The molecule has 4 heteroatoms. The molecular formula is C18H15NO3. The van der Waals surface area contributed by atoms with Crippen LogP contribution >= 0.6 is 0 Å². The van der Waals surface area contributed by atoms with E-state index >= 15 is 0 Å². The monoisotopic (exact) mass is 293 g/mol. The van der Waals surface area contributed by atoms with Crippen LogP contribution in [0.5, 0.6) is 11.5 Å². The Kier molecular flexibility index (Phi) is 3.66. The van der Waals surface area contributed by atoms with Gasteiger partial charge in [0.1, 0.15) is 11.5 Å². The summed E-state index contributed by atoms with van der Waals surface area (Å²) in [5.41, 5.74) is 1.27. The summed E-state index contributed by atoms with van der Waals surface area (Å²) >= 11 is 0. The highest BCUT2D eigenvalue weighted by atomic mass is 16.5. The number of carbonyl (C=O) groups is 1. The Bertz CT molecular complexity index is 825. The largest absolute Gasteiger partial charge is 0.508 e. The summed E-state index contributed by atoms with van der Waals surface area (Å²) in [7, 11) is 1.60. The standard InChI is InChI=1S/C18H15NO3/c1-22-17-8-5-15(6-9-17)19-18(21)14-3-2-13-11-16(20)7-4-12(13)10-14/h2-11,20H,1H3,(H,19,21). The Morgan fingerprint density at radius 2 is 1.64 bits per heavy atom. The third-order valence-corrected chi connectivity index (χ3v) is 3.43. The molecule has 0 saturated carbocycles. The van der Waals surface area contributed by atoms with E-state index in [2.05, 4.69) is 5.32 Å². The number of phenols is 1. The van der Waals surface area contributed by atoms with Crippen LogP contribution in [-0.4, -0.2) is 18.1 Å². The van der Waals surface area contributed by atoms with Gasteiger partial charge >= 0.3 is 0 Å². The van der Waals surface area contributed by atoms with Crippen LogP contribution in [0.2, 0.25) is 0 Å². The summed E-state index contributed by atoms with van der Waals surface area (Å²) in [5.74, 6) is 0.770. The predicted octanol–water partition coefficient (Wildman–Crippen LogP) is 3.81. The zero-order valence-electron chi connectivity index (χ0n) is 12.0. The summed E-state index contributed by atoms with van der Waals surface area (Å²) in [5, 5.41) is 14.1. The van der Waals surface area contributed by atoms with E-state index in [0.29, 0.717) is 11.3 Å². The number of fused-ring (bicyclic) bond motifs is 1. The van der Waals surface area contributed by atoms with Crippen LogP contribution < -0.4 is 10.1 Å². The van der Waals surface area contributed by atoms with Gasteiger partial charge in [-0.25, -0.2) is 0 Å². The van der Waals surface area contributed by atoms with Crippen molar-refractivity contribution in [1.82, 2.24) is 0 Å². The molecule has 0 heterocycles. The minimum Gasteiger partial charge on any atom is -0.508 e. The lowest BCUT2D eigenvalue weighted by molar-refractivity contribution is 0.102. The highest BCUT2D eigenvalue weighted by Crippen LogP contribution is 2.22. The fourth-order valence-corrected chi connectivity index (χ4v) is 2.25. The topological polar surface area (TPSA) is 58.6 Å². The van der Waals surface area contributed by atoms with Crippen molar-refractivity contribution >= 4 is 22.4 Å². The molecular weight excluding hydrogens is 278 g/mol. The van der Waals surface area contributed by atoms with Gasteiger partial charge in [-0.3, -0.25) is 4.79 Å². The maximum absolute atomic E-state index is 12.3. The summed E-state index contributed by atoms with van der Waals surface area (Å²) in [6.45, 7) is 0. The maximum atomic E-state index is 12.3. The van der Waals surface area contributed by atoms with E-state index in [-0.39, 0.29) is 11.7 Å². The van der Waals surface area contributed by atoms with Crippen LogP contribution in [0.1, 0.15) is 10.4 Å². The first-order valence-electron chi connectivity index (χ1n) is 6.84. The molecule has 0 unspecified atom stereocenters. The van der Waals surface area contributed by atoms with Crippen LogP contribution in [-0.2, 0) is 0 Å². The molecule has 0 aromatic heterocycles. The van der Waals surface area contributed by atoms with Crippen molar-refractivity contribution in [2.75, 3.05) is 12.4 Å². The van der Waals surface area contributed by atoms with Crippen LogP contribution in [0.3, 0.4) is 0 Å². The number of nitrogens with one attached hydrogen (secondary N) is 1. The molecule has 0 aliphatic carbocycles. The number of aromatic hydroxyl groups is 1. The molecule has 0 aliphatic rings. The first kappa shape index (κ1) is 13.9. The lowest BCUT2D eigenvalue weighted by Crippen LogP contribution is -2.11. The van der Waals surface area contributed by atoms with Crippen LogP contribution in [0.4, 0.5) is 5.69 Å². The lowest BCUT2D eigenvalue weighted by atomic mass is 10.1. The molecule has 0 saturated heterocycles. The fraction of sp³-hybridized carbons (Fsp3) is 0.0556. The van der Waals surface area contributed by atoms with Gasteiger partial charge < -0.3 is 15.2 Å². The molecule has 0 fully saturated rings. The number of hydrogen-bond acceptors (Lipinski definition) is 3. The molecule has 3 rings (SSSR count). The van der Waals surface area contributed by atoms with Crippen molar-refractivity contribution in [3.63, 3.8) is 0 Å². The lowest BCUT2D eigenvalue weighted by Gasteiger charge is -2.07. The van der Waals surface area contributed by atoms with E-state index in [1.54, 1.807) is 61.7 Å². The number of carbonyl (C=O) groups excluding carboxylic acids is 1. The summed E-state index contributed by atoms with van der Waals surface area (Å²) < 4.78 is 5.08. The number of hydrogen-bond donors (Lipinski definition) is 2. The normalized spacial score (nSPS) is 10.4. The molecule has 3 aromatic rings. The third kappa shape index (κ3) is 2.86. The highest BCUT2D eigenvalue weighted by Gasteiger charge is 2.07. The van der Waals surface area contributed by atoms with E-state index in [9.17, 15) is 9.90 Å². The summed E-state index contributed by atoms with van der Waals surface area (Å²) in [6, 6.07) is 17.6. The van der Waals surface area contributed by atoms with Gasteiger partial charge in [0.05, 0.1) is 7.11 Å². The van der Waals surface area contributed by atoms with Crippen molar-refractivity contribution in [3.8, 4) is 11.5 Å². The van der Waals surface area contributed by atoms with E-state index in [0.717, 1.165) is 16.5 Å². The molecule has 0 radical (unpaired) electrons. The first-order chi connectivity index (χ1) is 10.7. The number of phenolic OH excluding ortho intramolecular Hbond substituents is 1. The molecule has 0 atom stereocenters. The number of methoxy groups -OCH3 is 1. The Balaban J connectivity index is 1.83. The van der Waals surface area contributed by atoms with E-state index < -0.39 is 0 Å². The molecule has 1 amide bonds. The van der Waals surface area contributed by atoms with Gasteiger partial charge in [-0.2, -0.15) is 0 Å². The summed E-state index contributed by atoms with van der Waals surface area (Å²) in [6.07, 6.45) is 0. The second-order valence-electron chi connectivity index (χ2n) is 4.93. The van der Waals surface area contributed by atoms with Crippen molar-refractivity contribution in [3.05, 3.63) is 66.2 Å². The number of anilines is 1.